The van der Waals surface area contributed by atoms with Crippen molar-refractivity contribution >= 4 is 5.97 Å². The van der Waals surface area contributed by atoms with Crippen molar-refractivity contribution in [3.63, 3.8) is 0 Å². The maximum Gasteiger partial charge on any atom is 0.320 e. The molecule has 7 heteroatoms. The van der Waals surface area contributed by atoms with E-state index in [9.17, 15) is 9.90 Å². The number of rotatable bonds is 10. The van der Waals surface area contributed by atoms with E-state index in [4.69, 9.17) is 18.9 Å². The van der Waals surface area contributed by atoms with Crippen LogP contribution in [0.1, 0.15) is 35.6 Å². The van der Waals surface area contributed by atoms with Crippen LogP contribution in [0.3, 0.4) is 0 Å². The van der Waals surface area contributed by atoms with Gasteiger partial charge in [0.05, 0.1) is 27.4 Å². The fourth-order valence-electron chi connectivity index (χ4n) is 4.67. The zero-order valence-corrected chi connectivity index (χ0v) is 20.3. The number of methoxy groups -OCH3 is 3. The third-order valence-corrected chi connectivity index (χ3v) is 6.38. The second kappa shape index (κ2) is 11.1. The molecular formula is C28H31NO6. The molecule has 35 heavy (non-hydrogen) atoms. The van der Waals surface area contributed by atoms with E-state index in [0.717, 1.165) is 23.1 Å². The van der Waals surface area contributed by atoms with Crippen molar-refractivity contribution in [3.8, 4) is 23.0 Å². The van der Waals surface area contributed by atoms with Crippen LogP contribution in [0, 0.1) is 0 Å². The molecule has 0 spiro atoms. The minimum Gasteiger partial charge on any atom is -0.497 e. The van der Waals surface area contributed by atoms with Gasteiger partial charge in [-0.05, 0) is 54.3 Å². The van der Waals surface area contributed by atoms with Crippen molar-refractivity contribution in [1.29, 1.82) is 0 Å². The minimum absolute atomic E-state index is 0.374. The van der Waals surface area contributed by atoms with Crippen molar-refractivity contribution in [1.82, 2.24) is 4.90 Å². The summed E-state index contributed by atoms with van der Waals surface area (Å²) in [7, 11) is 4.83. The van der Waals surface area contributed by atoms with Crippen LogP contribution in [-0.4, -0.2) is 49.9 Å². The summed E-state index contributed by atoms with van der Waals surface area (Å²) in [4.78, 5) is 14.1. The van der Waals surface area contributed by atoms with Crippen molar-refractivity contribution in [2.24, 2.45) is 0 Å². The number of carbonyl (C=O) groups is 1. The van der Waals surface area contributed by atoms with Gasteiger partial charge in [-0.15, -0.1) is 0 Å². The van der Waals surface area contributed by atoms with E-state index in [1.165, 1.54) is 0 Å². The number of carboxylic acids is 1. The van der Waals surface area contributed by atoms with E-state index >= 15 is 0 Å². The second-order valence-electron chi connectivity index (χ2n) is 8.43. The predicted octanol–water partition coefficient (Wildman–Crippen LogP) is 4.93. The molecule has 3 aromatic rings. The molecule has 184 valence electrons. The molecule has 0 aliphatic carbocycles. The van der Waals surface area contributed by atoms with E-state index in [1.807, 2.05) is 71.6 Å². The molecule has 1 heterocycles. The molecule has 0 saturated carbocycles. The number of carboxylic acid groups (broad SMARTS) is 1. The highest BCUT2D eigenvalue weighted by atomic mass is 16.5. The first-order valence-corrected chi connectivity index (χ1v) is 11.6. The number of likely N-dealkylation sites (tertiary alicyclic amines) is 1. The van der Waals surface area contributed by atoms with Crippen LogP contribution >= 0.6 is 0 Å². The highest BCUT2D eigenvalue weighted by molar-refractivity contribution is 5.74. The summed E-state index contributed by atoms with van der Waals surface area (Å²) >= 11 is 0. The summed E-state index contributed by atoms with van der Waals surface area (Å²) in [5.41, 5.74) is 2.77. The molecule has 2 unspecified atom stereocenters. The normalized spacial score (nSPS) is 16.5. The molecule has 1 aliphatic rings. The van der Waals surface area contributed by atoms with Gasteiger partial charge in [-0.25, -0.2) is 0 Å². The number of benzene rings is 3. The predicted molar refractivity (Wildman–Crippen MR) is 133 cm³/mol. The van der Waals surface area contributed by atoms with Gasteiger partial charge < -0.3 is 24.1 Å². The summed E-state index contributed by atoms with van der Waals surface area (Å²) in [6.45, 7) is 1.06. The average molecular weight is 478 g/mol. The van der Waals surface area contributed by atoms with Crippen LogP contribution in [0.15, 0.2) is 66.7 Å². The van der Waals surface area contributed by atoms with Crippen molar-refractivity contribution in [3.05, 3.63) is 83.4 Å². The average Bonchev–Trinajstić information content (AvgIpc) is 3.38. The lowest BCUT2D eigenvalue weighted by Gasteiger charge is -2.33. The third kappa shape index (κ3) is 5.35. The summed E-state index contributed by atoms with van der Waals surface area (Å²) in [5, 5.41) is 9.93. The van der Waals surface area contributed by atoms with Crippen LogP contribution in [0.5, 0.6) is 23.0 Å². The number of hydrogen-bond acceptors (Lipinski definition) is 6. The quantitative estimate of drug-likeness (QED) is 0.444. The number of ether oxygens (including phenoxy) is 4. The van der Waals surface area contributed by atoms with Crippen LogP contribution in [-0.2, 0) is 11.4 Å². The Morgan fingerprint density at radius 1 is 0.943 bits per heavy atom. The molecular weight excluding hydrogens is 446 g/mol. The summed E-state index contributed by atoms with van der Waals surface area (Å²) in [6.07, 6.45) is 1.39. The molecule has 1 saturated heterocycles. The van der Waals surface area contributed by atoms with Crippen LogP contribution in [0.2, 0.25) is 0 Å². The highest BCUT2D eigenvalue weighted by Gasteiger charge is 2.38. The van der Waals surface area contributed by atoms with Gasteiger partial charge in [0.25, 0.3) is 0 Å². The topological polar surface area (TPSA) is 77.5 Å². The van der Waals surface area contributed by atoms with Gasteiger partial charge in [-0.1, -0.05) is 36.4 Å². The summed E-state index contributed by atoms with van der Waals surface area (Å²) in [6, 6.07) is 20.3. The van der Waals surface area contributed by atoms with Gasteiger partial charge in [0, 0.05) is 12.1 Å². The molecule has 0 bridgehead atoms. The van der Waals surface area contributed by atoms with E-state index in [2.05, 4.69) is 0 Å². The van der Waals surface area contributed by atoms with E-state index in [0.29, 0.717) is 42.6 Å². The fourth-order valence-corrected chi connectivity index (χ4v) is 4.67. The Labute approximate surface area is 205 Å². The Morgan fingerprint density at radius 2 is 1.69 bits per heavy atom. The Hall–Kier alpha value is -3.71. The highest BCUT2D eigenvalue weighted by Crippen LogP contribution is 2.42. The molecule has 1 fully saturated rings. The largest absolute Gasteiger partial charge is 0.497 e. The molecule has 3 aromatic carbocycles. The monoisotopic (exact) mass is 477 g/mol. The second-order valence-corrected chi connectivity index (χ2v) is 8.43. The van der Waals surface area contributed by atoms with Gasteiger partial charge in [0.1, 0.15) is 24.1 Å². The van der Waals surface area contributed by atoms with Gasteiger partial charge in [-0.3, -0.25) is 9.69 Å². The van der Waals surface area contributed by atoms with Crippen molar-refractivity contribution < 1.29 is 28.8 Å². The Morgan fingerprint density at radius 3 is 2.37 bits per heavy atom. The molecule has 0 aromatic heterocycles. The van der Waals surface area contributed by atoms with Gasteiger partial charge in [0.2, 0.25) is 0 Å². The Kier molecular flexibility index (Phi) is 7.77. The van der Waals surface area contributed by atoms with E-state index < -0.39 is 12.0 Å². The zero-order chi connectivity index (χ0) is 24.8. The Bertz CT molecular complexity index is 1150. The van der Waals surface area contributed by atoms with Gasteiger partial charge in [0.15, 0.2) is 11.5 Å². The lowest BCUT2D eigenvalue weighted by Crippen LogP contribution is -2.39. The molecule has 4 rings (SSSR count). The first-order chi connectivity index (χ1) is 17.0. The third-order valence-electron chi connectivity index (χ3n) is 6.38. The summed E-state index contributed by atoms with van der Waals surface area (Å²) < 4.78 is 22.9. The van der Waals surface area contributed by atoms with Crippen LogP contribution in [0.4, 0.5) is 0 Å². The lowest BCUT2D eigenvalue weighted by atomic mass is 9.94. The van der Waals surface area contributed by atoms with E-state index in [1.54, 1.807) is 21.3 Å². The van der Waals surface area contributed by atoms with Gasteiger partial charge >= 0.3 is 5.97 Å². The standard InChI is InChI=1S/C28H31NO6/c1-32-21-12-14-24(33-2)22(17-21)27(29-15-7-10-23(29)28(30)31)20-11-13-25(26(16-20)34-3)35-18-19-8-5-4-6-9-19/h4-6,8-9,11-14,16-17,23,27H,7,10,15,18H2,1-3H3,(H,30,31). The van der Waals surface area contributed by atoms with E-state index in [-0.39, 0.29) is 6.04 Å². The van der Waals surface area contributed by atoms with Crippen molar-refractivity contribution in [2.45, 2.75) is 31.5 Å². The molecule has 0 amide bonds. The maximum absolute atomic E-state index is 12.1. The first kappa shape index (κ1) is 24.4. The first-order valence-electron chi connectivity index (χ1n) is 11.6. The van der Waals surface area contributed by atoms with Gasteiger partial charge in [-0.2, -0.15) is 0 Å². The molecule has 2 atom stereocenters. The Balaban J connectivity index is 1.75. The number of aliphatic carboxylic acids is 1. The SMILES string of the molecule is COc1ccc(OC)c(C(c2ccc(OCc3ccccc3)c(OC)c2)N2CCCC2C(=O)O)c1. The molecule has 7 nitrogen and oxygen atoms in total. The molecule has 0 radical (unpaired) electrons. The zero-order valence-electron chi connectivity index (χ0n) is 20.3. The minimum atomic E-state index is -0.829. The molecule has 1 aliphatic heterocycles. The maximum atomic E-state index is 12.1. The molecule has 1 N–H and O–H groups in total. The van der Waals surface area contributed by atoms with Crippen LogP contribution < -0.4 is 18.9 Å². The smallest absolute Gasteiger partial charge is 0.320 e. The fraction of sp³-hybridized carbons (Fsp3) is 0.321. The number of hydrogen-bond donors (Lipinski definition) is 1. The van der Waals surface area contributed by atoms with Crippen LogP contribution in [0.25, 0.3) is 0 Å². The lowest BCUT2D eigenvalue weighted by molar-refractivity contribution is -0.142. The summed E-state index contributed by atoms with van der Waals surface area (Å²) in [5.74, 6) is 1.70. The number of nitrogens with zero attached hydrogens (tertiary/aromatic N) is 1. The van der Waals surface area contributed by atoms with Crippen molar-refractivity contribution in [2.75, 3.05) is 27.9 Å².